The van der Waals surface area contributed by atoms with Gasteiger partial charge in [-0.15, -0.1) is 12.4 Å². The number of benzene rings is 2. The van der Waals surface area contributed by atoms with E-state index in [-0.39, 0.29) is 19.0 Å². The Bertz CT molecular complexity index is 505. The molecular weight excluding hydrogens is 272 g/mol. The standard InChI is InChI=1S/C16H20N2O.ClH/c17-16-8-4-7-15(11-16)13-18(9-10-19)12-14-5-2-1-3-6-14;/h1-8,11,19H,9-10,12-13,17H2;1H. The number of rotatable bonds is 6. The molecule has 2 aromatic carbocycles. The average Bonchev–Trinajstić information content (AvgIpc) is 2.40. The van der Waals surface area contributed by atoms with E-state index in [2.05, 4.69) is 23.1 Å². The SMILES string of the molecule is Cl.Nc1cccc(CN(CCO)Cc2ccccc2)c1. The molecule has 0 heterocycles. The summed E-state index contributed by atoms with van der Waals surface area (Å²) < 4.78 is 0. The van der Waals surface area contributed by atoms with Crippen LogP contribution in [0.15, 0.2) is 54.6 Å². The molecule has 0 unspecified atom stereocenters. The number of aliphatic hydroxyl groups is 1. The summed E-state index contributed by atoms with van der Waals surface area (Å²) in [4.78, 5) is 2.21. The zero-order chi connectivity index (χ0) is 13.5. The monoisotopic (exact) mass is 292 g/mol. The molecule has 20 heavy (non-hydrogen) atoms. The van der Waals surface area contributed by atoms with Gasteiger partial charge in [-0.05, 0) is 23.3 Å². The van der Waals surface area contributed by atoms with E-state index < -0.39 is 0 Å². The minimum absolute atomic E-state index is 0. The Kier molecular flexibility index (Phi) is 7.09. The maximum atomic E-state index is 9.18. The Morgan fingerprint density at radius 2 is 1.55 bits per heavy atom. The van der Waals surface area contributed by atoms with Gasteiger partial charge in [0.25, 0.3) is 0 Å². The topological polar surface area (TPSA) is 49.5 Å². The highest BCUT2D eigenvalue weighted by atomic mass is 35.5. The summed E-state index contributed by atoms with van der Waals surface area (Å²) in [6, 6.07) is 18.2. The maximum Gasteiger partial charge on any atom is 0.0558 e. The van der Waals surface area contributed by atoms with Crippen LogP contribution < -0.4 is 5.73 Å². The van der Waals surface area contributed by atoms with Gasteiger partial charge < -0.3 is 10.8 Å². The van der Waals surface area contributed by atoms with Gasteiger partial charge in [0, 0.05) is 25.3 Å². The van der Waals surface area contributed by atoms with Gasteiger partial charge in [0.1, 0.15) is 0 Å². The lowest BCUT2D eigenvalue weighted by molar-refractivity contribution is 0.184. The Morgan fingerprint density at radius 3 is 2.20 bits per heavy atom. The normalized spacial score (nSPS) is 10.3. The van der Waals surface area contributed by atoms with Gasteiger partial charge in [-0.3, -0.25) is 4.90 Å². The lowest BCUT2D eigenvalue weighted by Crippen LogP contribution is -2.26. The summed E-state index contributed by atoms with van der Waals surface area (Å²) in [5, 5.41) is 9.18. The van der Waals surface area contributed by atoms with Crippen molar-refractivity contribution < 1.29 is 5.11 Å². The molecule has 0 aromatic heterocycles. The van der Waals surface area contributed by atoms with Crippen LogP contribution in [0.2, 0.25) is 0 Å². The molecule has 2 aromatic rings. The molecule has 4 heteroatoms. The van der Waals surface area contributed by atoms with E-state index in [4.69, 9.17) is 5.73 Å². The second-order valence-electron chi connectivity index (χ2n) is 4.66. The maximum absolute atomic E-state index is 9.18. The van der Waals surface area contributed by atoms with Crippen molar-refractivity contribution in [1.29, 1.82) is 0 Å². The van der Waals surface area contributed by atoms with Crippen molar-refractivity contribution >= 4 is 18.1 Å². The highest BCUT2D eigenvalue weighted by molar-refractivity contribution is 5.85. The first-order valence-electron chi connectivity index (χ1n) is 6.49. The summed E-state index contributed by atoms with van der Waals surface area (Å²) >= 11 is 0. The summed E-state index contributed by atoms with van der Waals surface area (Å²) in [6.07, 6.45) is 0. The number of nitrogens with zero attached hydrogens (tertiary/aromatic N) is 1. The molecule has 3 nitrogen and oxygen atoms in total. The zero-order valence-corrected chi connectivity index (χ0v) is 12.2. The van der Waals surface area contributed by atoms with Crippen LogP contribution in [0.1, 0.15) is 11.1 Å². The van der Waals surface area contributed by atoms with Crippen LogP contribution in [0.3, 0.4) is 0 Å². The zero-order valence-electron chi connectivity index (χ0n) is 11.4. The quantitative estimate of drug-likeness (QED) is 0.805. The lowest BCUT2D eigenvalue weighted by atomic mass is 10.1. The van der Waals surface area contributed by atoms with Gasteiger partial charge in [0.05, 0.1) is 6.61 Å². The fourth-order valence-electron chi connectivity index (χ4n) is 2.15. The minimum Gasteiger partial charge on any atom is -0.399 e. The summed E-state index contributed by atoms with van der Waals surface area (Å²) in [7, 11) is 0. The lowest BCUT2D eigenvalue weighted by Gasteiger charge is -2.21. The third-order valence-electron chi connectivity index (χ3n) is 3.02. The third-order valence-corrected chi connectivity index (χ3v) is 3.02. The van der Waals surface area contributed by atoms with Gasteiger partial charge in [0.15, 0.2) is 0 Å². The predicted molar refractivity (Wildman–Crippen MR) is 85.7 cm³/mol. The Hall–Kier alpha value is -1.55. The molecule has 0 radical (unpaired) electrons. The van der Waals surface area contributed by atoms with E-state index in [0.29, 0.717) is 6.54 Å². The summed E-state index contributed by atoms with van der Waals surface area (Å²) in [5.41, 5.74) is 8.99. The van der Waals surface area contributed by atoms with Gasteiger partial charge in [-0.2, -0.15) is 0 Å². The third kappa shape index (κ3) is 5.21. The Morgan fingerprint density at radius 1 is 0.900 bits per heavy atom. The molecule has 0 aliphatic rings. The number of aliphatic hydroxyl groups excluding tert-OH is 1. The van der Waals surface area contributed by atoms with Gasteiger partial charge >= 0.3 is 0 Å². The summed E-state index contributed by atoms with van der Waals surface area (Å²) in [6.45, 7) is 2.44. The molecular formula is C16H21ClN2O. The Balaban J connectivity index is 0.00000200. The second-order valence-corrected chi connectivity index (χ2v) is 4.66. The largest absolute Gasteiger partial charge is 0.399 e. The van der Waals surface area contributed by atoms with Crippen LogP contribution in [0.25, 0.3) is 0 Å². The first kappa shape index (κ1) is 16.5. The van der Waals surface area contributed by atoms with Crippen molar-refractivity contribution in [2.75, 3.05) is 18.9 Å². The van der Waals surface area contributed by atoms with Crippen molar-refractivity contribution in [2.24, 2.45) is 0 Å². The van der Waals surface area contributed by atoms with Crippen molar-refractivity contribution in [3.63, 3.8) is 0 Å². The van der Waals surface area contributed by atoms with E-state index in [1.54, 1.807) is 0 Å². The molecule has 0 fully saturated rings. The van der Waals surface area contributed by atoms with Crippen LogP contribution >= 0.6 is 12.4 Å². The molecule has 0 saturated carbocycles. The van der Waals surface area contributed by atoms with Crippen LogP contribution in [-0.2, 0) is 13.1 Å². The molecule has 0 atom stereocenters. The Labute approximate surface area is 126 Å². The van der Waals surface area contributed by atoms with Gasteiger partial charge in [-0.1, -0.05) is 42.5 Å². The van der Waals surface area contributed by atoms with Crippen LogP contribution in [0.5, 0.6) is 0 Å². The van der Waals surface area contributed by atoms with Crippen LogP contribution in [0.4, 0.5) is 5.69 Å². The van der Waals surface area contributed by atoms with Crippen molar-refractivity contribution in [2.45, 2.75) is 13.1 Å². The van der Waals surface area contributed by atoms with Crippen molar-refractivity contribution in [3.8, 4) is 0 Å². The van der Waals surface area contributed by atoms with Gasteiger partial charge in [-0.25, -0.2) is 0 Å². The van der Waals surface area contributed by atoms with E-state index in [9.17, 15) is 5.11 Å². The van der Waals surface area contributed by atoms with Crippen LogP contribution in [0, 0.1) is 0 Å². The van der Waals surface area contributed by atoms with E-state index in [1.807, 2.05) is 36.4 Å². The van der Waals surface area contributed by atoms with E-state index in [1.165, 1.54) is 11.1 Å². The molecule has 0 bridgehead atoms. The molecule has 108 valence electrons. The average molecular weight is 293 g/mol. The molecule has 0 spiro atoms. The number of hydrogen-bond acceptors (Lipinski definition) is 3. The molecule has 3 N–H and O–H groups in total. The number of anilines is 1. The number of hydrogen-bond donors (Lipinski definition) is 2. The molecule has 0 aliphatic heterocycles. The molecule has 0 saturated heterocycles. The fourth-order valence-corrected chi connectivity index (χ4v) is 2.15. The first-order chi connectivity index (χ1) is 9.28. The fraction of sp³-hybridized carbons (Fsp3) is 0.250. The molecule has 0 amide bonds. The van der Waals surface area contributed by atoms with E-state index in [0.717, 1.165) is 18.8 Å². The summed E-state index contributed by atoms with van der Waals surface area (Å²) in [5.74, 6) is 0. The number of nitrogens with two attached hydrogens (primary N) is 1. The molecule has 0 aliphatic carbocycles. The highest BCUT2D eigenvalue weighted by Crippen LogP contribution is 2.12. The minimum atomic E-state index is 0. The van der Waals surface area contributed by atoms with Crippen LogP contribution in [-0.4, -0.2) is 23.2 Å². The highest BCUT2D eigenvalue weighted by Gasteiger charge is 2.06. The number of nitrogen functional groups attached to an aromatic ring is 1. The predicted octanol–water partition coefficient (Wildman–Crippen LogP) is 2.69. The number of halogens is 1. The van der Waals surface area contributed by atoms with Crippen molar-refractivity contribution in [3.05, 3.63) is 65.7 Å². The van der Waals surface area contributed by atoms with Gasteiger partial charge in [0.2, 0.25) is 0 Å². The van der Waals surface area contributed by atoms with Crippen molar-refractivity contribution in [1.82, 2.24) is 4.90 Å². The first-order valence-corrected chi connectivity index (χ1v) is 6.49. The van der Waals surface area contributed by atoms with E-state index >= 15 is 0 Å². The molecule has 2 rings (SSSR count). The smallest absolute Gasteiger partial charge is 0.0558 e. The second kappa shape index (κ2) is 8.59.